The number of nitrogen functional groups attached to an aromatic ring is 1. The van der Waals surface area contributed by atoms with Gasteiger partial charge >= 0.3 is 0 Å². The molecule has 136 valence electrons. The maximum Gasteiger partial charge on any atom is 0.222 e. The van der Waals surface area contributed by atoms with Gasteiger partial charge in [-0.2, -0.15) is 4.98 Å². The molecule has 2 N–H and O–H groups in total. The highest BCUT2D eigenvalue weighted by atomic mass is 16.2. The quantitative estimate of drug-likeness (QED) is 0.913. The SMILES string of the molecule is Nc1nccc(N2CC[C@H]3[C@H](CCC(=O)N3CCc3ccccc3)C2)n1. The van der Waals surface area contributed by atoms with Gasteiger partial charge in [0.2, 0.25) is 11.9 Å². The fourth-order valence-electron chi connectivity index (χ4n) is 4.28. The molecule has 0 bridgehead atoms. The molecule has 2 atom stereocenters. The number of benzene rings is 1. The van der Waals surface area contributed by atoms with Crippen LogP contribution in [-0.2, 0) is 11.2 Å². The molecule has 0 radical (unpaired) electrons. The first-order valence-corrected chi connectivity index (χ1v) is 9.37. The standard InChI is InChI=1S/C20H25N5O/c21-20-22-11-8-18(23-20)24-12-10-17-16(14-24)6-7-19(26)25(17)13-9-15-4-2-1-3-5-15/h1-5,8,11,16-17H,6-7,9-10,12-14H2,(H2,21,22,23)/t16-,17+/m1/s1. The summed E-state index contributed by atoms with van der Waals surface area (Å²) in [6.45, 7) is 2.63. The maximum absolute atomic E-state index is 12.5. The molecule has 3 heterocycles. The van der Waals surface area contributed by atoms with Crippen molar-refractivity contribution in [3.8, 4) is 0 Å². The lowest BCUT2D eigenvalue weighted by Crippen LogP contribution is -2.56. The van der Waals surface area contributed by atoms with Crippen molar-refractivity contribution in [2.24, 2.45) is 5.92 Å². The second kappa shape index (κ2) is 7.32. The van der Waals surface area contributed by atoms with E-state index in [0.29, 0.717) is 30.2 Å². The van der Waals surface area contributed by atoms with Crippen molar-refractivity contribution in [2.45, 2.75) is 31.7 Å². The van der Waals surface area contributed by atoms with Gasteiger partial charge in [0.15, 0.2) is 0 Å². The summed E-state index contributed by atoms with van der Waals surface area (Å²) in [6.07, 6.45) is 5.22. The number of nitrogens with zero attached hydrogens (tertiary/aromatic N) is 4. The number of carbonyl (C=O) groups excluding carboxylic acids is 1. The topological polar surface area (TPSA) is 75.3 Å². The largest absolute Gasteiger partial charge is 0.368 e. The first-order valence-electron chi connectivity index (χ1n) is 9.37. The third-order valence-corrected chi connectivity index (χ3v) is 5.61. The number of rotatable bonds is 4. The van der Waals surface area contributed by atoms with Crippen molar-refractivity contribution in [2.75, 3.05) is 30.3 Å². The first-order chi connectivity index (χ1) is 12.7. The third kappa shape index (κ3) is 3.49. The number of piperidine rings is 2. The Morgan fingerprint density at radius 1 is 1.15 bits per heavy atom. The van der Waals surface area contributed by atoms with Crippen LogP contribution in [-0.4, -0.2) is 46.5 Å². The van der Waals surface area contributed by atoms with Gasteiger partial charge in [-0.15, -0.1) is 0 Å². The predicted octanol–water partition coefficient (Wildman–Crippen LogP) is 2.12. The molecule has 1 aromatic heterocycles. The average Bonchev–Trinajstić information content (AvgIpc) is 2.68. The number of nitrogens with two attached hydrogens (primary N) is 1. The summed E-state index contributed by atoms with van der Waals surface area (Å²) in [5, 5.41) is 0. The number of fused-ring (bicyclic) bond motifs is 1. The van der Waals surface area contributed by atoms with E-state index in [-0.39, 0.29) is 0 Å². The minimum absolute atomic E-state index is 0.307. The molecule has 6 heteroatoms. The number of aromatic nitrogens is 2. The second-order valence-electron chi connectivity index (χ2n) is 7.20. The summed E-state index contributed by atoms with van der Waals surface area (Å²) in [7, 11) is 0. The van der Waals surface area contributed by atoms with E-state index in [1.165, 1.54) is 5.56 Å². The number of amides is 1. The van der Waals surface area contributed by atoms with Crippen LogP contribution in [0.15, 0.2) is 42.6 Å². The van der Waals surface area contributed by atoms with Gasteiger partial charge in [-0.3, -0.25) is 4.79 Å². The van der Waals surface area contributed by atoms with Crippen LogP contribution in [0.1, 0.15) is 24.8 Å². The molecule has 2 aliphatic rings. The number of hydrogen-bond donors (Lipinski definition) is 1. The molecular weight excluding hydrogens is 326 g/mol. The molecule has 4 rings (SSSR count). The molecule has 2 saturated heterocycles. The van der Waals surface area contributed by atoms with Crippen molar-refractivity contribution in [1.29, 1.82) is 0 Å². The Morgan fingerprint density at radius 3 is 2.81 bits per heavy atom. The van der Waals surface area contributed by atoms with Gasteiger partial charge < -0.3 is 15.5 Å². The van der Waals surface area contributed by atoms with Gasteiger partial charge in [0.1, 0.15) is 5.82 Å². The normalized spacial score (nSPS) is 23.0. The van der Waals surface area contributed by atoms with Crippen LogP contribution < -0.4 is 10.6 Å². The Kier molecular flexibility index (Phi) is 4.73. The molecule has 2 aliphatic heterocycles. The van der Waals surface area contributed by atoms with E-state index in [1.807, 2.05) is 12.1 Å². The van der Waals surface area contributed by atoms with Crippen LogP contribution in [0.4, 0.5) is 11.8 Å². The number of anilines is 2. The zero-order valence-corrected chi connectivity index (χ0v) is 14.9. The van der Waals surface area contributed by atoms with Gasteiger partial charge in [-0.1, -0.05) is 30.3 Å². The third-order valence-electron chi connectivity index (χ3n) is 5.61. The number of hydrogen-bond acceptors (Lipinski definition) is 5. The van der Waals surface area contributed by atoms with E-state index >= 15 is 0 Å². The van der Waals surface area contributed by atoms with Crippen LogP contribution in [0.5, 0.6) is 0 Å². The minimum atomic E-state index is 0.307. The maximum atomic E-state index is 12.5. The lowest BCUT2D eigenvalue weighted by atomic mass is 9.83. The summed E-state index contributed by atoms with van der Waals surface area (Å²) >= 11 is 0. The predicted molar refractivity (Wildman–Crippen MR) is 102 cm³/mol. The second-order valence-corrected chi connectivity index (χ2v) is 7.20. The van der Waals surface area contributed by atoms with E-state index in [1.54, 1.807) is 6.20 Å². The Labute approximate surface area is 154 Å². The first kappa shape index (κ1) is 16.8. The molecule has 0 aliphatic carbocycles. The highest BCUT2D eigenvalue weighted by Crippen LogP contribution is 2.33. The average molecular weight is 351 g/mol. The molecule has 26 heavy (non-hydrogen) atoms. The van der Waals surface area contributed by atoms with Gasteiger partial charge in [-0.25, -0.2) is 4.98 Å². The van der Waals surface area contributed by atoms with E-state index in [9.17, 15) is 4.79 Å². The van der Waals surface area contributed by atoms with Crippen molar-refractivity contribution < 1.29 is 4.79 Å². The van der Waals surface area contributed by atoms with Crippen LogP contribution in [0, 0.1) is 5.92 Å². The molecule has 0 unspecified atom stereocenters. The fraction of sp³-hybridized carbons (Fsp3) is 0.450. The zero-order chi connectivity index (χ0) is 17.9. The van der Waals surface area contributed by atoms with Crippen molar-refractivity contribution in [3.05, 3.63) is 48.2 Å². The van der Waals surface area contributed by atoms with Crippen molar-refractivity contribution >= 4 is 17.7 Å². The highest BCUT2D eigenvalue weighted by Gasteiger charge is 2.39. The highest BCUT2D eigenvalue weighted by molar-refractivity contribution is 5.77. The molecule has 6 nitrogen and oxygen atoms in total. The van der Waals surface area contributed by atoms with Crippen LogP contribution in [0.25, 0.3) is 0 Å². The van der Waals surface area contributed by atoms with Crippen molar-refractivity contribution in [1.82, 2.24) is 14.9 Å². The summed E-state index contributed by atoms with van der Waals surface area (Å²) in [6, 6.07) is 12.7. The summed E-state index contributed by atoms with van der Waals surface area (Å²) in [5.41, 5.74) is 7.02. The number of carbonyl (C=O) groups is 1. The van der Waals surface area contributed by atoms with E-state index in [2.05, 4.69) is 44.0 Å². The van der Waals surface area contributed by atoms with E-state index in [0.717, 1.165) is 44.7 Å². The molecule has 0 saturated carbocycles. The number of likely N-dealkylation sites (tertiary alicyclic amines) is 1. The van der Waals surface area contributed by atoms with Crippen LogP contribution in [0.2, 0.25) is 0 Å². The Morgan fingerprint density at radius 2 is 2.00 bits per heavy atom. The monoisotopic (exact) mass is 351 g/mol. The van der Waals surface area contributed by atoms with Crippen LogP contribution in [0.3, 0.4) is 0 Å². The van der Waals surface area contributed by atoms with Gasteiger partial charge in [0.25, 0.3) is 0 Å². The molecule has 1 aromatic carbocycles. The van der Waals surface area contributed by atoms with Crippen molar-refractivity contribution in [3.63, 3.8) is 0 Å². The molecular formula is C20H25N5O. The van der Waals surface area contributed by atoms with Crippen LogP contribution >= 0.6 is 0 Å². The smallest absolute Gasteiger partial charge is 0.222 e. The lowest BCUT2D eigenvalue weighted by Gasteiger charge is -2.47. The summed E-state index contributed by atoms with van der Waals surface area (Å²) in [5.74, 6) is 2.01. The fourth-order valence-corrected chi connectivity index (χ4v) is 4.28. The molecule has 2 fully saturated rings. The lowest BCUT2D eigenvalue weighted by molar-refractivity contribution is -0.139. The molecule has 0 spiro atoms. The van der Waals surface area contributed by atoms with Gasteiger partial charge in [0, 0.05) is 38.3 Å². The minimum Gasteiger partial charge on any atom is -0.368 e. The van der Waals surface area contributed by atoms with E-state index in [4.69, 9.17) is 5.73 Å². The molecule has 1 amide bonds. The Balaban J connectivity index is 1.43. The Bertz CT molecular complexity index is 766. The summed E-state index contributed by atoms with van der Waals surface area (Å²) in [4.78, 5) is 25.3. The summed E-state index contributed by atoms with van der Waals surface area (Å²) < 4.78 is 0. The molecule has 2 aromatic rings. The zero-order valence-electron chi connectivity index (χ0n) is 14.9. The van der Waals surface area contributed by atoms with Gasteiger partial charge in [0.05, 0.1) is 0 Å². The Hall–Kier alpha value is -2.63. The van der Waals surface area contributed by atoms with E-state index < -0.39 is 0 Å². The van der Waals surface area contributed by atoms with Gasteiger partial charge in [-0.05, 0) is 36.8 Å².